The largest absolute Gasteiger partial charge is 0.481 e. The summed E-state index contributed by atoms with van der Waals surface area (Å²) in [4.78, 5) is 24.0. The van der Waals surface area contributed by atoms with Crippen LogP contribution in [0, 0.1) is 40.4 Å². The van der Waals surface area contributed by atoms with E-state index in [0.29, 0.717) is 23.7 Å². The van der Waals surface area contributed by atoms with E-state index in [1.165, 1.54) is 6.42 Å². The van der Waals surface area contributed by atoms with E-state index in [0.717, 1.165) is 51.4 Å². The number of aliphatic hydroxyl groups excluding tert-OH is 1. The van der Waals surface area contributed by atoms with Gasteiger partial charge in [-0.25, -0.2) is 4.79 Å². The lowest BCUT2D eigenvalue weighted by Crippen LogP contribution is -2.54. The summed E-state index contributed by atoms with van der Waals surface area (Å²) >= 11 is 0. The first-order chi connectivity index (χ1) is 14.7. The van der Waals surface area contributed by atoms with Crippen molar-refractivity contribution in [2.45, 2.75) is 83.8 Å². The van der Waals surface area contributed by atoms with Gasteiger partial charge in [0, 0.05) is 13.1 Å². The number of hydrogen-bond donors (Lipinski definition) is 4. The van der Waals surface area contributed by atoms with Crippen LogP contribution in [0.25, 0.3) is 0 Å². The SMILES string of the molecule is C[C@]12CCC(OC(=O)NCC(O)CN)CC1CC[C@@H]1[C@@H]2CC[C@]2(C)C(C(=O)O)CC[C@@H]12. The van der Waals surface area contributed by atoms with Crippen LogP contribution in [-0.2, 0) is 9.53 Å². The summed E-state index contributed by atoms with van der Waals surface area (Å²) in [5.74, 6) is 1.62. The standard InChI is InChI=1S/C24H40N2O5/c1-23-9-7-16(31-22(30)26-13-15(27)12-25)11-14(23)3-4-17-18-5-6-20(21(28)29)24(18,2)10-8-19(17)23/h14-20,27H,3-13,25H2,1-2H3,(H,26,30)(H,28,29)/t14?,15?,16?,17-,18-,19-,20?,23-,24-/m0/s1. The van der Waals surface area contributed by atoms with Crippen LogP contribution < -0.4 is 11.1 Å². The Morgan fingerprint density at radius 3 is 2.48 bits per heavy atom. The summed E-state index contributed by atoms with van der Waals surface area (Å²) in [6, 6.07) is 0. The van der Waals surface area contributed by atoms with Crippen molar-refractivity contribution in [2.75, 3.05) is 13.1 Å². The second-order valence-electron chi connectivity index (χ2n) is 11.2. The Morgan fingerprint density at radius 2 is 1.77 bits per heavy atom. The highest BCUT2D eigenvalue weighted by Gasteiger charge is 2.61. The fraction of sp³-hybridized carbons (Fsp3) is 0.917. The average molecular weight is 437 g/mol. The summed E-state index contributed by atoms with van der Waals surface area (Å²) in [6.07, 6.45) is 7.97. The van der Waals surface area contributed by atoms with Crippen LogP contribution in [0.15, 0.2) is 0 Å². The van der Waals surface area contributed by atoms with Gasteiger partial charge in [0.2, 0.25) is 0 Å². The van der Waals surface area contributed by atoms with E-state index in [2.05, 4.69) is 19.2 Å². The van der Waals surface area contributed by atoms with E-state index < -0.39 is 18.2 Å². The van der Waals surface area contributed by atoms with Crippen LogP contribution >= 0.6 is 0 Å². The molecule has 4 fully saturated rings. The molecular weight excluding hydrogens is 396 g/mol. The second kappa shape index (κ2) is 8.54. The van der Waals surface area contributed by atoms with Crippen molar-refractivity contribution in [3.05, 3.63) is 0 Å². The van der Waals surface area contributed by atoms with Crippen molar-refractivity contribution < 1.29 is 24.5 Å². The molecule has 5 N–H and O–H groups in total. The summed E-state index contributed by atoms with van der Waals surface area (Å²) in [5.41, 5.74) is 5.60. The number of hydrogen-bond acceptors (Lipinski definition) is 5. The molecule has 0 spiro atoms. The molecule has 1 amide bonds. The number of fused-ring (bicyclic) bond motifs is 5. The lowest BCUT2D eigenvalue weighted by atomic mass is 9.44. The summed E-state index contributed by atoms with van der Waals surface area (Å²) in [7, 11) is 0. The maximum atomic E-state index is 12.1. The lowest BCUT2D eigenvalue weighted by Gasteiger charge is -2.60. The second-order valence-corrected chi connectivity index (χ2v) is 11.2. The van der Waals surface area contributed by atoms with Crippen LogP contribution in [0.1, 0.15) is 71.6 Å². The average Bonchev–Trinajstić information content (AvgIpc) is 3.09. The molecule has 0 saturated heterocycles. The van der Waals surface area contributed by atoms with Crippen molar-refractivity contribution in [1.29, 1.82) is 0 Å². The Labute approximate surface area is 185 Å². The van der Waals surface area contributed by atoms with Crippen molar-refractivity contribution in [3.63, 3.8) is 0 Å². The molecule has 0 aromatic carbocycles. The third-order valence-electron chi connectivity index (χ3n) is 9.94. The molecule has 4 aliphatic rings. The van der Waals surface area contributed by atoms with Gasteiger partial charge in [-0.05, 0) is 92.3 Å². The Balaban J connectivity index is 1.39. The quantitative estimate of drug-likeness (QED) is 0.525. The number of carboxylic acid groups (broad SMARTS) is 1. The normalized spacial score (nSPS) is 45.0. The van der Waals surface area contributed by atoms with Crippen LogP contribution in [-0.4, -0.2) is 47.6 Å². The summed E-state index contributed by atoms with van der Waals surface area (Å²) < 4.78 is 5.67. The zero-order valence-electron chi connectivity index (χ0n) is 19.0. The van der Waals surface area contributed by atoms with Crippen LogP contribution in [0.4, 0.5) is 4.79 Å². The topological polar surface area (TPSA) is 122 Å². The van der Waals surface area contributed by atoms with Crippen LogP contribution in [0.3, 0.4) is 0 Å². The smallest absolute Gasteiger partial charge is 0.407 e. The first-order valence-electron chi connectivity index (χ1n) is 12.2. The maximum Gasteiger partial charge on any atom is 0.407 e. The highest BCUT2D eigenvalue weighted by atomic mass is 16.6. The number of alkyl carbamates (subject to hydrolysis) is 1. The number of carbonyl (C=O) groups is 2. The Morgan fingerprint density at radius 1 is 1.06 bits per heavy atom. The number of aliphatic carboxylic acids is 1. The molecular formula is C24H40N2O5. The van der Waals surface area contributed by atoms with Gasteiger partial charge in [-0.3, -0.25) is 4.79 Å². The van der Waals surface area contributed by atoms with Gasteiger partial charge in [0.25, 0.3) is 0 Å². The van der Waals surface area contributed by atoms with Gasteiger partial charge in [-0.1, -0.05) is 13.8 Å². The lowest BCUT2D eigenvalue weighted by molar-refractivity contribution is -0.154. The van der Waals surface area contributed by atoms with Gasteiger partial charge in [-0.2, -0.15) is 0 Å². The first-order valence-corrected chi connectivity index (χ1v) is 12.2. The van der Waals surface area contributed by atoms with Crippen molar-refractivity contribution in [3.8, 4) is 0 Å². The number of nitrogens with two attached hydrogens (primary N) is 1. The summed E-state index contributed by atoms with van der Waals surface area (Å²) in [5, 5.41) is 21.9. The highest BCUT2D eigenvalue weighted by Crippen LogP contribution is 2.67. The zero-order valence-corrected chi connectivity index (χ0v) is 19.0. The molecule has 0 heterocycles. The fourth-order valence-electron chi connectivity index (χ4n) is 8.21. The van der Waals surface area contributed by atoms with Crippen molar-refractivity contribution >= 4 is 12.1 Å². The third kappa shape index (κ3) is 3.97. The molecule has 0 aromatic rings. The minimum absolute atomic E-state index is 0.0390. The van der Waals surface area contributed by atoms with Gasteiger partial charge < -0.3 is 26.0 Å². The van der Waals surface area contributed by atoms with Gasteiger partial charge in [0.15, 0.2) is 0 Å². The first kappa shape index (κ1) is 22.8. The van der Waals surface area contributed by atoms with E-state index in [1.807, 2.05) is 0 Å². The molecule has 4 rings (SSSR count). The molecule has 176 valence electrons. The van der Waals surface area contributed by atoms with E-state index in [9.17, 15) is 19.8 Å². The van der Waals surface area contributed by atoms with Crippen LogP contribution in [0.5, 0.6) is 0 Å². The molecule has 0 bridgehead atoms. The number of rotatable bonds is 5. The van der Waals surface area contributed by atoms with Crippen LogP contribution in [0.2, 0.25) is 0 Å². The Hall–Kier alpha value is -1.34. The number of carbonyl (C=O) groups excluding carboxylic acids is 1. The van der Waals surface area contributed by atoms with E-state index in [4.69, 9.17) is 10.5 Å². The fourth-order valence-corrected chi connectivity index (χ4v) is 8.21. The van der Waals surface area contributed by atoms with E-state index in [-0.39, 0.29) is 35.9 Å². The zero-order chi connectivity index (χ0) is 22.4. The van der Waals surface area contributed by atoms with Crippen molar-refractivity contribution in [2.24, 2.45) is 46.2 Å². The third-order valence-corrected chi connectivity index (χ3v) is 9.94. The highest BCUT2D eigenvalue weighted by molar-refractivity contribution is 5.71. The molecule has 0 aliphatic heterocycles. The molecule has 7 heteroatoms. The molecule has 31 heavy (non-hydrogen) atoms. The molecule has 0 aromatic heterocycles. The predicted octanol–water partition coefficient (Wildman–Crippen LogP) is 3.14. The number of ether oxygens (including phenoxy) is 1. The molecule has 0 radical (unpaired) electrons. The predicted molar refractivity (Wildman–Crippen MR) is 116 cm³/mol. The molecule has 9 atom stereocenters. The Bertz CT molecular complexity index is 701. The van der Waals surface area contributed by atoms with Crippen molar-refractivity contribution in [1.82, 2.24) is 5.32 Å². The Kier molecular flexibility index (Phi) is 6.29. The molecule has 7 nitrogen and oxygen atoms in total. The number of carboxylic acids is 1. The summed E-state index contributed by atoms with van der Waals surface area (Å²) in [6.45, 7) is 4.93. The van der Waals surface area contributed by atoms with Gasteiger partial charge in [0.05, 0.1) is 12.0 Å². The molecule has 4 saturated carbocycles. The van der Waals surface area contributed by atoms with E-state index in [1.54, 1.807) is 0 Å². The molecule has 4 aliphatic carbocycles. The maximum absolute atomic E-state index is 12.1. The van der Waals surface area contributed by atoms with Gasteiger partial charge >= 0.3 is 12.1 Å². The minimum Gasteiger partial charge on any atom is -0.481 e. The van der Waals surface area contributed by atoms with Gasteiger partial charge in [0.1, 0.15) is 6.10 Å². The monoisotopic (exact) mass is 436 g/mol. The number of aliphatic hydroxyl groups is 1. The van der Waals surface area contributed by atoms with E-state index >= 15 is 0 Å². The minimum atomic E-state index is -0.745. The number of amides is 1. The molecule has 4 unspecified atom stereocenters. The number of nitrogens with one attached hydrogen (secondary N) is 1. The van der Waals surface area contributed by atoms with Gasteiger partial charge in [-0.15, -0.1) is 0 Å².